The smallest absolute Gasteiger partial charge is 0.213 e. The maximum Gasteiger partial charge on any atom is 0.213 e. The van der Waals surface area contributed by atoms with Gasteiger partial charge in [0.05, 0.1) is 13.7 Å². The van der Waals surface area contributed by atoms with E-state index >= 15 is 0 Å². The van der Waals surface area contributed by atoms with Gasteiger partial charge in [0.15, 0.2) is 5.96 Å². The molecule has 5 heteroatoms. The van der Waals surface area contributed by atoms with Gasteiger partial charge in [0.25, 0.3) is 0 Å². The summed E-state index contributed by atoms with van der Waals surface area (Å²) in [5.41, 5.74) is 1.09. The minimum Gasteiger partial charge on any atom is -0.481 e. The third-order valence-corrected chi connectivity index (χ3v) is 3.20. The normalized spacial score (nSPS) is 21.9. The zero-order valence-corrected chi connectivity index (χ0v) is 11.8. The molecule has 1 saturated carbocycles. The molecule has 0 aromatic carbocycles. The molecule has 0 aliphatic heterocycles. The number of pyridine rings is 1. The van der Waals surface area contributed by atoms with Gasteiger partial charge in [-0.15, -0.1) is 0 Å². The molecular weight excluding hydrogens is 240 g/mol. The first-order valence-corrected chi connectivity index (χ1v) is 6.76. The first-order chi connectivity index (χ1) is 9.22. The van der Waals surface area contributed by atoms with E-state index in [-0.39, 0.29) is 0 Å². The molecule has 1 heterocycles. The number of guanidine groups is 1. The predicted molar refractivity (Wildman–Crippen MR) is 76.3 cm³/mol. The van der Waals surface area contributed by atoms with Crippen LogP contribution in [0, 0.1) is 5.92 Å². The Morgan fingerprint density at radius 3 is 3.00 bits per heavy atom. The zero-order chi connectivity index (χ0) is 13.7. The Morgan fingerprint density at radius 2 is 2.37 bits per heavy atom. The van der Waals surface area contributed by atoms with E-state index in [1.54, 1.807) is 13.3 Å². The van der Waals surface area contributed by atoms with Crippen LogP contribution in [0.1, 0.15) is 25.8 Å². The standard InChI is InChI=1S/C14H22N4O/c1-4-15-14(18-12-7-10(12)2)17-9-11-5-6-16-13(8-11)19-3/h5-6,8,10,12H,4,7,9H2,1-3H3,(H2,15,17,18). The molecule has 2 atom stereocenters. The van der Waals surface area contributed by atoms with Gasteiger partial charge in [0, 0.05) is 24.8 Å². The molecule has 2 unspecified atom stereocenters. The van der Waals surface area contributed by atoms with Crippen LogP contribution in [0.25, 0.3) is 0 Å². The van der Waals surface area contributed by atoms with Gasteiger partial charge < -0.3 is 15.4 Å². The van der Waals surface area contributed by atoms with E-state index in [4.69, 9.17) is 4.74 Å². The van der Waals surface area contributed by atoms with Crippen molar-refractivity contribution in [1.82, 2.24) is 15.6 Å². The Bertz CT molecular complexity index is 447. The van der Waals surface area contributed by atoms with Crippen LogP contribution in [-0.4, -0.2) is 30.6 Å². The predicted octanol–water partition coefficient (Wildman–Crippen LogP) is 1.55. The van der Waals surface area contributed by atoms with Gasteiger partial charge in [-0.3, -0.25) is 0 Å². The SMILES string of the molecule is CCNC(=NCc1ccnc(OC)c1)NC1CC1C. The average Bonchev–Trinajstić information content (AvgIpc) is 3.12. The topological polar surface area (TPSA) is 58.5 Å². The van der Waals surface area contributed by atoms with Gasteiger partial charge >= 0.3 is 0 Å². The fourth-order valence-electron chi connectivity index (χ4n) is 1.85. The fraction of sp³-hybridized carbons (Fsp3) is 0.571. The molecule has 0 bridgehead atoms. The maximum absolute atomic E-state index is 5.11. The minimum atomic E-state index is 0.574. The van der Waals surface area contributed by atoms with Crippen molar-refractivity contribution in [1.29, 1.82) is 0 Å². The Labute approximate surface area is 114 Å². The number of hydrogen-bond acceptors (Lipinski definition) is 3. The van der Waals surface area contributed by atoms with Gasteiger partial charge in [-0.05, 0) is 30.9 Å². The molecule has 19 heavy (non-hydrogen) atoms. The maximum atomic E-state index is 5.11. The number of hydrogen-bond donors (Lipinski definition) is 2. The number of nitrogens with one attached hydrogen (secondary N) is 2. The highest BCUT2D eigenvalue weighted by molar-refractivity contribution is 5.80. The summed E-state index contributed by atoms with van der Waals surface area (Å²) in [6.07, 6.45) is 2.97. The van der Waals surface area contributed by atoms with Crippen LogP contribution in [-0.2, 0) is 6.54 Å². The number of methoxy groups -OCH3 is 1. The van der Waals surface area contributed by atoms with Crippen LogP contribution in [0.3, 0.4) is 0 Å². The van der Waals surface area contributed by atoms with Gasteiger partial charge in [0.1, 0.15) is 0 Å². The largest absolute Gasteiger partial charge is 0.481 e. The first-order valence-electron chi connectivity index (χ1n) is 6.76. The lowest BCUT2D eigenvalue weighted by Gasteiger charge is -2.10. The van der Waals surface area contributed by atoms with E-state index in [1.165, 1.54) is 6.42 Å². The number of aliphatic imine (C=N–C) groups is 1. The monoisotopic (exact) mass is 262 g/mol. The number of nitrogens with zero attached hydrogens (tertiary/aromatic N) is 2. The second-order valence-corrected chi connectivity index (χ2v) is 4.87. The van der Waals surface area contributed by atoms with E-state index in [0.29, 0.717) is 18.5 Å². The Morgan fingerprint density at radius 1 is 1.58 bits per heavy atom. The highest BCUT2D eigenvalue weighted by Gasteiger charge is 2.33. The molecule has 2 rings (SSSR count). The van der Waals surface area contributed by atoms with E-state index in [1.807, 2.05) is 12.1 Å². The van der Waals surface area contributed by atoms with Crippen LogP contribution >= 0.6 is 0 Å². The van der Waals surface area contributed by atoms with Crippen molar-refractivity contribution in [2.24, 2.45) is 10.9 Å². The average molecular weight is 262 g/mol. The van der Waals surface area contributed by atoms with E-state index < -0.39 is 0 Å². The molecule has 5 nitrogen and oxygen atoms in total. The molecular formula is C14H22N4O. The highest BCUT2D eigenvalue weighted by atomic mass is 16.5. The zero-order valence-electron chi connectivity index (χ0n) is 11.8. The van der Waals surface area contributed by atoms with Crippen LogP contribution in [0.2, 0.25) is 0 Å². The number of ether oxygens (including phenoxy) is 1. The Balaban J connectivity index is 1.95. The highest BCUT2D eigenvalue weighted by Crippen LogP contribution is 2.28. The second-order valence-electron chi connectivity index (χ2n) is 4.87. The summed E-state index contributed by atoms with van der Waals surface area (Å²) in [5, 5.41) is 6.70. The van der Waals surface area contributed by atoms with Gasteiger partial charge in [-0.2, -0.15) is 0 Å². The van der Waals surface area contributed by atoms with E-state index in [9.17, 15) is 0 Å². The molecule has 0 saturated heterocycles. The van der Waals surface area contributed by atoms with Crippen LogP contribution in [0.5, 0.6) is 5.88 Å². The summed E-state index contributed by atoms with van der Waals surface area (Å²) >= 11 is 0. The Hall–Kier alpha value is -1.78. The number of rotatable bonds is 5. The summed E-state index contributed by atoms with van der Waals surface area (Å²) in [7, 11) is 1.62. The van der Waals surface area contributed by atoms with Crippen molar-refractivity contribution < 1.29 is 4.74 Å². The van der Waals surface area contributed by atoms with Crippen LogP contribution in [0.15, 0.2) is 23.3 Å². The van der Waals surface area contributed by atoms with Crippen molar-refractivity contribution in [3.63, 3.8) is 0 Å². The summed E-state index contributed by atoms with van der Waals surface area (Å²) < 4.78 is 5.11. The van der Waals surface area contributed by atoms with Crippen LogP contribution < -0.4 is 15.4 Å². The van der Waals surface area contributed by atoms with Crippen LogP contribution in [0.4, 0.5) is 0 Å². The summed E-state index contributed by atoms with van der Waals surface area (Å²) in [6.45, 7) is 5.81. The fourth-order valence-corrected chi connectivity index (χ4v) is 1.85. The lowest BCUT2D eigenvalue weighted by atomic mass is 10.3. The van der Waals surface area contributed by atoms with Gasteiger partial charge in [-0.1, -0.05) is 6.92 Å². The van der Waals surface area contributed by atoms with Crippen molar-refractivity contribution in [2.75, 3.05) is 13.7 Å². The van der Waals surface area contributed by atoms with Crippen molar-refractivity contribution in [3.8, 4) is 5.88 Å². The molecule has 1 aromatic heterocycles. The summed E-state index contributed by atoms with van der Waals surface area (Å²) in [6, 6.07) is 4.44. The molecule has 0 amide bonds. The van der Waals surface area contributed by atoms with Crippen molar-refractivity contribution >= 4 is 5.96 Å². The third kappa shape index (κ3) is 4.12. The third-order valence-electron chi connectivity index (χ3n) is 3.20. The summed E-state index contributed by atoms with van der Waals surface area (Å²) in [5.74, 6) is 2.26. The lowest BCUT2D eigenvalue weighted by molar-refractivity contribution is 0.397. The van der Waals surface area contributed by atoms with E-state index in [0.717, 1.165) is 24.0 Å². The molecule has 1 fully saturated rings. The summed E-state index contributed by atoms with van der Waals surface area (Å²) in [4.78, 5) is 8.67. The second kappa shape index (κ2) is 6.41. The van der Waals surface area contributed by atoms with E-state index in [2.05, 4.69) is 34.5 Å². The van der Waals surface area contributed by atoms with Gasteiger partial charge in [0.2, 0.25) is 5.88 Å². The van der Waals surface area contributed by atoms with Crippen molar-refractivity contribution in [2.45, 2.75) is 32.9 Å². The number of aromatic nitrogens is 1. The Kier molecular flexibility index (Phi) is 4.60. The van der Waals surface area contributed by atoms with Gasteiger partial charge in [-0.25, -0.2) is 9.98 Å². The lowest BCUT2D eigenvalue weighted by Crippen LogP contribution is -2.39. The molecule has 1 aliphatic rings. The quantitative estimate of drug-likeness (QED) is 0.624. The molecule has 104 valence electrons. The molecule has 1 aromatic rings. The first kappa shape index (κ1) is 13.6. The molecule has 2 N–H and O–H groups in total. The molecule has 0 radical (unpaired) electrons. The van der Waals surface area contributed by atoms with Crippen molar-refractivity contribution in [3.05, 3.63) is 23.9 Å². The molecule has 1 aliphatic carbocycles. The minimum absolute atomic E-state index is 0.574. The molecule has 0 spiro atoms.